The lowest BCUT2D eigenvalue weighted by Crippen LogP contribution is -2.34. The Morgan fingerprint density at radius 3 is 2.81 bits per heavy atom. The van der Waals surface area contributed by atoms with E-state index in [-0.39, 0.29) is 28.6 Å². The van der Waals surface area contributed by atoms with Crippen LogP contribution in [0.1, 0.15) is 22.8 Å². The molecule has 142 valence electrons. The average Bonchev–Trinajstić information content (AvgIpc) is 2.64. The van der Waals surface area contributed by atoms with Gasteiger partial charge in [0, 0.05) is 5.56 Å². The fraction of sp³-hybridized carbons (Fsp3) is 0.167. The van der Waals surface area contributed by atoms with Gasteiger partial charge in [0.15, 0.2) is 11.5 Å². The zero-order valence-electron chi connectivity index (χ0n) is 14.3. The Bertz CT molecular complexity index is 874. The van der Waals surface area contributed by atoms with Crippen molar-refractivity contribution in [1.29, 1.82) is 0 Å². The van der Waals surface area contributed by atoms with Crippen LogP contribution in [-0.2, 0) is 4.79 Å². The summed E-state index contributed by atoms with van der Waals surface area (Å²) in [7, 11) is 0. The molecule has 3 N–H and O–H groups in total. The van der Waals surface area contributed by atoms with Crippen LogP contribution < -0.4 is 15.5 Å². The van der Waals surface area contributed by atoms with Crippen LogP contribution in [0.3, 0.4) is 0 Å². The number of rotatable bonds is 7. The number of hydrogen-bond donors (Lipinski definition) is 3. The van der Waals surface area contributed by atoms with E-state index in [2.05, 4.69) is 15.8 Å². The van der Waals surface area contributed by atoms with Crippen molar-refractivity contribution in [2.24, 2.45) is 5.10 Å². The summed E-state index contributed by atoms with van der Waals surface area (Å²) < 4.78 is 18.3. The molecule has 0 saturated carbocycles. The predicted molar refractivity (Wildman–Crippen MR) is 98.8 cm³/mol. The molecule has 0 heterocycles. The maximum atomic E-state index is 13.1. The van der Waals surface area contributed by atoms with Gasteiger partial charge in [-0.2, -0.15) is 5.10 Å². The summed E-state index contributed by atoms with van der Waals surface area (Å²) in [6, 6.07) is 8.06. The van der Waals surface area contributed by atoms with E-state index in [0.29, 0.717) is 12.2 Å². The minimum Gasteiger partial charge on any atom is -0.503 e. The fourth-order valence-electron chi connectivity index (χ4n) is 2.04. The number of amides is 2. The molecule has 2 aromatic rings. The largest absolute Gasteiger partial charge is 0.503 e. The van der Waals surface area contributed by atoms with Crippen LogP contribution in [-0.4, -0.2) is 36.3 Å². The van der Waals surface area contributed by atoms with E-state index in [1.54, 1.807) is 6.92 Å². The number of benzene rings is 2. The lowest BCUT2D eigenvalue weighted by Gasteiger charge is -2.08. The van der Waals surface area contributed by atoms with E-state index in [1.807, 2.05) is 0 Å². The van der Waals surface area contributed by atoms with Gasteiger partial charge >= 0.3 is 0 Å². The van der Waals surface area contributed by atoms with E-state index in [0.717, 1.165) is 6.07 Å². The average molecular weight is 394 g/mol. The van der Waals surface area contributed by atoms with E-state index in [1.165, 1.54) is 36.5 Å². The van der Waals surface area contributed by atoms with Gasteiger partial charge in [-0.25, -0.2) is 9.82 Å². The van der Waals surface area contributed by atoms with Gasteiger partial charge in [0.1, 0.15) is 5.82 Å². The third-order valence-electron chi connectivity index (χ3n) is 3.25. The molecule has 0 unspecified atom stereocenters. The van der Waals surface area contributed by atoms with Crippen LogP contribution in [0.25, 0.3) is 0 Å². The molecule has 0 aliphatic rings. The number of halogens is 2. The molecule has 0 radical (unpaired) electrons. The van der Waals surface area contributed by atoms with Gasteiger partial charge in [-0.05, 0) is 42.8 Å². The fourth-order valence-corrected chi connectivity index (χ4v) is 2.26. The minimum atomic E-state index is -0.583. The highest BCUT2D eigenvalue weighted by atomic mass is 35.5. The summed E-state index contributed by atoms with van der Waals surface area (Å²) in [5, 5.41) is 15.9. The molecule has 2 aromatic carbocycles. The maximum Gasteiger partial charge on any atom is 0.259 e. The third-order valence-corrected chi connectivity index (χ3v) is 3.54. The highest BCUT2D eigenvalue weighted by Crippen LogP contribution is 2.34. The highest BCUT2D eigenvalue weighted by Gasteiger charge is 2.10. The lowest BCUT2D eigenvalue weighted by molar-refractivity contribution is -0.120. The molecule has 0 bridgehead atoms. The predicted octanol–water partition coefficient (Wildman–Crippen LogP) is 2.46. The first-order valence-electron chi connectivity index (χ1n) is 7.91. The molecule has 9 heteroatoms. The minimum absolute atomic E-state index is 0.0797. The number of carbonyl (C=O) groups is 2. The Hall–Kier alpha value is -3.13. The van der Waals surface area contributed by atoms with Gasteiger partial charge in [0.25, 0.3) is 11.8 Å². The van der Waals surface area contributed by atoms with Crippen molar-refractivity contribution >= 4 is 29.6 Å². The zero-order chi connectivity index (χ0) is 19.8. The topological polar surface area (TPSA) is 100 Å². The standard InChI is InChI=1S/C18H17ClFN3O4/c1-2-27-15-7-11(6-14(19)17(15)25)9-22-23-16(24)10-21-18(26)12-4-3-5-13(20)8-12/h3-9,25H,2,10H2,1H3,(H,21,26)(H,23,24). The Morgan fingerprint density at radius 1 is 1.33 bits per heavy atom. The second-order valence-corrected chi connectivity index (χ2v) is 5.68. The summed E-state index contributed by atoms with van der Waals surface area (Å²) >= 11 is 5.90. The van der Waals surface area contributed by atoms with Crippen LogP contribution in [0.15, 0.2) is 41.5 Å². The Morgan fingerprint density at radius 2 is 2.11 bits per heavy atom. The molecule has 0 aliphatic heterocycles. The number of nitrogens with zero attached hydrogens (tertiary/aromatic N) is 1. The van der Waals surface area contributed by atoms with E-state index in [9.17, 15) is 19.1 Å². The van der Waals surface area contributed by atoms with Gasteiger partial charge in [-0.3, -0.25) is 9.59 Å². The summed E-state index contributed by atoms with van der Waals surface area (Å²) in [5.41, 5.74) is 2.83. The normalized spacial score (nSPS) is 10.6. The molecule has 7 nitrogen and oxygen atoms in total. The van der Waals surface area contributed by atoms with Crippen LogP contribution in [0.2, 0.25) is 5.02 Å². The van der Waals surface area contributed by atoms with E-state index < -0.39 is 17.6 Å². The first-order valence-corrected chi connectivity index (χ1v) is 8.29. The number of ether oxygens (including phenoxy) is 1. The van der Waals surface area contributed by atoms with Crippen molar-refractivity contribution < 1.29 is 23.8 Å². The maximum absolute atomic E-state index is 13.1. The SMILES string of the molecule is CCOc1cc(C=NNC(=O)CNC(=O)c2cccc(F)c2)cc(Cl)c1O. The second-order valence-electron chi connectivity index (χ2n) is 5.27. The number of phenolic OH excluding ortho intramolecular Hbond substituents is 1. The van der Waals surface area contributed by atoms with Crippen molar-refractivity contribution in [1.82, 2.24) is 10.7 Å². The highest BCUT2D eigenvalue weighted by molar-refractivity contribution is 6.32. The quantitative estimate of drug-likeness (QED) is 0.497. The van der Waals surface area contributed by atoms with Crippen LogP contribution in [0.4, 0.5) is 4.39 Å². The molecule has 0 atom stereocenters. The number of phenols is 1. The van der Waals surface area contributed by atoms with Gasteiger partial charge in [-0.15, -0.1) is 0 Å². The molecule has 0 fully saturated rings. The number of nitrogens with one attached hydrogen (secondary N) is 2. The summed E-state index contributed by atoms with van der Waals surface area (Å²) in [4.78, 5) is 23.5. The molecule has 27 heavy (non-hydrogen) atoms. The number of carbonyl (C=O) groups excluding carboxylic acids is 2. The van der Waals surface area contributed by atoms with Crippen molar-refractivity contribution in [3.05, 3.63) is 58.4 Å². The number of aromatic hydroxyl groups is 1. The molecule has 0 aliphatic carbocycles. The second kappa shape index (κ2) is 9.54. The lowest BCUT2D eigenvalue weighted by atomic mass is 10.2. The smallest absolute Gasteiger partial charge is 0.259 e. The van der Waals surface area contributed by atoms with Gasteiger partial charge in [0.2, 0.25) is 0 Å². The summed E-state index contributed by atoms with van der Waals surface area (Å²) in [5.74, 6) is -1.69. The Labute approximate surface area is 159 Å². The zero-order valence-corrected chi connectivity index (χ0v) is 15.1. The first kappa shape index (κ1) is 20.2. The number of hydrazone groups is 1. The third kappa shape index (κ3) is 5.96. The molecular weight excluding hydrogens is 377 g/mol. The van der Waals surface area contributed by atoms with Crippen molar-refractivity contribution in [2.75, 3.05) is 13.2 Å². The molecule has 2 amide bonds. The summed E-state index contributed by atoms with van der Waals surface area (Å²) in [6.07, 6.45) is 1.31. The van der Waals surface area contributed by atoms with Crippen LogP contribution >= 0.6 is 11.6 Å². The van der Waals surface area contributed by atoms with Crippen LogP contribution in [0.5, 0.6) is 11.5 Å². The van der Waals surface area contributed by atoms with Crippen molar-refractivity contribution in [2.45, 2.75) is 6.92 Å². The molecule has 2 rings (SSSR count). The van der Waals surface area contributed by atoms with Crippen LogP contribution in [0, 0.1) is 5.82 Å². The molecule has 0 saturated heterocycles. The number of hydrogen-bond acceptors (Lipinski definition) is 5. The van der Waals surface area contributed by atoms with Gasteiger partial charge < -0.3 is 15.2 Å². The van der Waals surface area contributed by atoms with Gasteiger partial charge in [-0.1, -0.05) is 17.7 Å². The summed E-state index contributed by atoms with van der Waals surface area (Å²) in [6.45, 7) is 1.76. The van der Waals surface area contributed by atoms with E-state index >= 15 is 0 Å². The molecule has 0 spiro atoms. The van der Waals surface area contributed by atoms with Crippen molar-refractivity contribution in [3.8, 4) is 11.5 Å². The molecule has 0 aromatic heterocycles. The Balaban J connectivity index is 1.89. The Kier molecular flexibility index (Phi) is 7.13. The van der Waals surface area contributed by atoms with Crippen molar-refractivity contribution in [3.63, 3.8) is 0 Å². The monoisotopic (exact) mass is 393 g/mol. The van der Waals surface area contributed by atoms with Gasteiger partial charge in [0.05, 0.1) is 24.4 Å². The van der Waals surface area contributed by atoms with E-state index in [4.69, 9.17) is 16.3 Å². The molecular formula is C18H17ClFN3O4. The first-order chi connectivity index (χ1) is 12.9.